The number of carbonyl (C=O) groups excluding carboxylic acids is 1. The maximum Gasteiger partial charge on any atom is 0.303 e. The number of aromatic nitrogens is 1. The molecule has 1 aromatic rings. The van der Waals surface area contributed by atoms with Gasteiger partial charge >= 0.3 is 5.97 Å². The first-order chi connectivity index (χ1) is 9.40. The van der Waals surface area contributed by atoms with Gasteiger partial charge in [0.25, 0.3) is 5.91 Å². The number of amides is 1. The summed E-state index contributed by atoms with van der Waals surface area (Å²) in [6.07, 6.45) is 2.41. The Bertz CT molecular complexity index is 472. The van der Waals surface area contributed by atoms with Crippen LogP contribution in [0.25, 0.3) is 0 Å². The van der Waals surface area contributed by atoms with Gasteiger partial charge in [0, 0.05) is 19.2 Å². The van der Waals surface area contributed by atoms with Crippen LogP contribution in [0, 0.1) is 18.8 Å². The van der Waals surface area contributed by atoms with Crippen LogP contribution in [0.4, 0.5) is 0 Å². The zero-order chi connectivity index (χ0) is 15.1. The Morgan fingerprint density at radius 3 is 2.65 bits per heavy atom. The van der Waals surface area contributed by atoms with Crippen molar-refractivity contribution in [2.24, 2.45) is 11.8 Å². The smallest absolute Gasteiger partial charge is 0.303 e. The highest BCUT2D eigenvalue weighted by Crippen LogP contribution is 2.15. The molecule has 1 amide bonds. The number of carboxylic acids is 1. The second-order valence-electron chi connectivity index (χ2n) is 5.47. The lowest BCUT2D eigenvalue weighted by molar-refractivity contribution is -0.138. The monoisotopic (exact) mass is 278 g/mol. The van der Waals surface area contributed by atoms with Crippen molar-refractivity contribution in [3.63, 3.8) is 0 Å². The van der Waals surface area contributed by atoms with Gasteiger partial charge in [0.15, 0.2) is 0 Å². The van der Waals surface area contributed by atoms with Crippen LogP contribution in [-0.4, -0.2) is 28.5 Å². The van der Waals surface area contributed by atoms with Gasteiger partial charge in [0.2, 0.25) is 0 Å². The molecule has 0 saturated heterocycles. The van der Waals surface area contributed by atoms with Gasteiger partial charge in [-0.1, -0.05) is 19.9 Å². The predicted molar refractivity (Wildman–Crippen MR) is 76.5 cm³/mol. The summed E-state index contributed by atoms with van der Waals surface area (Å²) >= 11 is 0. The van der Waals surface area contributed by atoms with E-state index in [-0.39, 0.29) is 18.2 Å². The van der Waals surface area contributed by atoms with Gasteiger partial charge in [0.05, 0.1) is 0 Å². The zero-order valence-corrected chi connectivity index (χ0v) is 12.2. The number of nitrogens with one attached hydrogen (secondary N) is 1. The van der Waals surface area contributed by atoms with Crippen LogP contribution in [0.2, 0.25) is 0 Å². The van der Waals surface area contributed by atoms with E-state index in [0.717, 1.165) is 12.0 Å². The number of aryl methyl sites for hydroxylation is 1. The number of aliphatic carboxylic acids is 1. The molecule has 1 heterocycles. The molecule has 5 nitrogen and oxygen atoms in total. The molecule has 0 saturated carbocycles. The van der Waals surface area contributed by atoms with E-state index in [2.05, 4.69) is 10.3 Å². The zero-order valence-electron chi connectivity index (χ0n) is 12.2. The van der Waals surface area contributed by atoms with E-state index in [0.29, 0.717) is 18.2 Å². The first-order valence-electron chi connectivity index (χ1n) is 6.81. The summed E-state index contributed by atoms with van der Waals surface area (Å²) in [5.74, 6) is -0.741. The van der Waals surface area contributed by atoms with Gasteiger partial charge in [-0.05, 0) is 36.8 Å². The summed E-state index contributed by atoms with van der Waals surface area (Å²) in [6.45, 7) is 6.27. The summed E-state index contributed by atoms with van der Waals surface area (Å²) < 4.78 is 0. The molecule has 2 N–H and O–H groups in total. The molecule has 0 aliphatic heterocycles. The third-order valence-corrected chi connectivity index (χ3v) is 3.04. The second-order valence-corrected chi connectivity index (χ2v) is 5.47. The third kappa shape index (κ3) is 5.38. The van der Waals surface area contributed by atoms with Gasteiger partial charge in [-0.3, -0.25) is 14.6 Å². The SMILES string of the molecule is Cc1cccnc1C(=O)NCC(CC(=O)O)CC(C)C. The Balaban J connectivity index is 2.60. The summed E-state index contributed by atoms with van der Waals surface area (Å²) in [5.41, 5.74) is 1.20. The van der Waals surface area contributed by atoms with Crippen LogP contribution in [0.3, 0.4) is 0 Å². The molecular formula is C15H22N2O3. The highest BCUT2D eigenvalue weighted by atomic mass is 16.4. The van der Waals surface area contributed by atoms with Gasteiger partial charge < -0.3 is 10.4 Å². The lowest BCUT2D eigenvalue weighted by Crippen LogP contribution is -2.32. The van der Waals surface area contributed by atoms with E-state index in [1.165, 1.54) is 0 Å². The lowest BCUT2D eigenvalue weighted by Gasteiger charge is -2.17. The van der Waals surface area contributed by atoms with Crippen molar-refractivity contribution in [3.05, 3.63) is 29.6 Å². The Labute approximate surface area is 119 Å². The van der Waals surface area contributed by atoms with Crippen molar-refractivity contribution in [1.29, 1.82) is 0 Å². The maximum atomic E-state index is 12.0. The number of hydrogen-bond donors (Lipinski definition) is 2. The van der Waals surface area contributed by atoms with Crippen molar-refractivity contribution in [2.75, 3.05) is 6.54 Å². The van der Waals surface area contributed by atoms with Crippen LogP contribution in [0.1, 0.15) is 42.7 Å². The molecule has 1 unspecified atom stereocenters. The summed E-state index contributed by atoms with van der Waals surface area (Å²) in [4.78, 5) is 26.9. The van der Waals surface area contributed by atoms with Crippen molar-refractivity contribution < 1.29 is 14.7 Å². The Morgan fingerprint density at radius 2 is 2.10 bits per heavy atom. The van der Waals surface area contributed by atoms with Gasteiger partial charge in [-0.15, -0.1) is 0 Å². The van der Waals surface area contributed by atoms with Crippen molar-refractivity contribution in [3.8, 4) is 0 Å². The van der Waals surface area contributed by atoms with Crippen LogP contribution in [-0.2, 0) is 4.79 Å². The van der Waals surface area contributed by atoms with Crippen LogP contribution < -0.4 is 5.32 Å². The quantitative estimate of drug-likeness (QED) is 0.801. The second kappa shape index (κ2) is 7.62. The fraction of sp³-hybridized carbons (Fsp3) is 0.533. The highest BCUT2D eigenvalue weighted by Gasteiger charge is 2.17. The molecule has 1 rings (SSSR count). The van der Waals surface area contributed by atoms with E-state index >= 15 is 0 Å². The number of carbonyl (C=O) groups is 2. The number of carboxylic acid groups (broad SMARTS) is 1. The largest absolute Gasteiger partial charge is 0.481 e. The van der Waals surface area contributed by atoms with E-state index < -0.39 is 5.97 Å². The molecule has 0 aliphatic rings. The third-order valence-electron chi connectivity index (χ3n) is 3.04. The van der Waals surface area contributed by atoms with E-state index in [1.54, 1.807) is 12.3 Å². The first-order valence-corrected chi connectivity index (χ1v) is 6.81. The molecule has 0 aromatic carbocycles. The minimum absolute atomic E-state index is 0.0551. The van der Waals surface area contributed by atoms with Crippen molar-refractivity contribution in [2.45, 2.75) is 33.6 Å². The number of pyridine rings is 1. The van der Waals surface area contributed by atoms with Gasteiger partial charge in [0.1, 0.15) is 5.69 Å². The predicted octanol–water partition coefficient (Wildman–Crippen LogP) is 2.26. The fourth-order valence-corrected chi connectivity index (χ4v) is 2.20. The van der Waals surface area contributed by atoms with E-state index in [4.69, 9.17) is 5.11 Å². The Kier molecular flexibility index (Phi) is 6.15. The number of nitrogens with zero attached hydrogens (tertiary/aromatic N) is 1. The molecule has 20 heavy (non-hydrogen) atoms. The molecule has 0 spiro atoms. The molecule has 0 radical (unpaired) electrons. The molecule has 1 aromatic heterocycles. The molecule has 0 bridgehead atoms. The molecule has 1 atom stereocenters. The molecule has 110 valence electrons. The number of rotatable bonds is 7. The molecule has 5 heteroatoms. The molecule has 0 fully saturated rings. The summed E-state index contributed by atoms with van der Waals surface area (Å²) in [7, 11) is 0. The van der Waals surface area contributed by atoms with E-state index in [1.807, 2.05) is 26.8 Å². The molecular weight excluding hydrogens is 256 g/mol. The highest BCUT2D eigenvalue weighted by molar-refractivity contribution is 5.93. The fourth-order valence-electron chi connectivity index (χ4n) is 2.20. The molecule has 0 aliphatic carbocycles. The minimum Gasteiger partial charge on any atom is -0.481 e. The standard InChI is InChI=1S/C15H22N2O3/c1-10(2)7-12(8-13(18)19)9-17-15(20)14-11(3)5-4-6-16-14/h4-6,10,12H,7-9H2,1-3H3,(H,17,20)(H,18,19). The van der Waals surface area contributed by atoms with Crippen molar-refractivity contribution >= 4 is 11.9 Å². The van der Waals surface area contributed by atoms with Crippen molar-refractivity contribution in [1.82, 2.24) is 10.3 Å². The first kappa shape index (κ1) is 16.1. The average Bonchev–Trinajstić information content (AvgIpc) is 2.34. The summed E-state index contributed by atoms with van der Waals surface area (Å²) in [6, 6.07) is 3.60. The Hall–Kier alpha value is -1.91. The number of hydrogen-bond acceptors (Lipinski definition) is 3. The van der Waals surface area contributed by atoms with Crippen LogP contribution >= 0.6 is 0 Å². The maximum absolute atomic E-state index is 12.0. The van der Waals surface area contributed by atoms with Crippen LogP contribution in [0.15, 0.2) is 18.3 Å². The summed E-state index contributed by atoms with van der Waals surface area (Å²) in [5, 5.41) is 11.7. The normalized spacial score (nSPS) is 12.2. The topological polar surface area (TPSA) is 79.3 Å². The van der Waals surface area contributed by atoms with Gasteiger partial charge in [-0.2, -0.15) is 0 Å². The van der Waals surface area contributed by atoms with E-state index in [9.17, 15) is 9.59 Å². The van der Waals surface area contributed by atoms with Crippen LogP contribution in [0.5, 0.6) is 0 Å². The average molecular weight is 278 g/mol. The Morgan fingerprint density at radius 1 is 1.40 bits per heavy atom. The lowest BCUT2D eigenvalue weighted by atomic mass is 9.94. The minimum atomic E-state index is -0.834. The van der Waals surface area contributed by atoms with Gasteiger partial charge in [-0.25, -0.2) is 0 Å².